The zero-order chi connectivity index (χ0) is 15.7. The molecule has 0 radical (unpaired) electrons. The molecule has 114 valence electrons. The number of thiophene rings is 1. The lowest BCUT2D eigenvalue weighted by atomic mass is 10.1. The Balaban J connectivity index is 1.94. The molecule has 6 heteroatoms. The Labute approximate surface area is 133 Å². The van der Waals surface area contributed by atoms with Crippen molar-refractivity contribution in [2.45, 2.75) is 33.4 Å². The number of carbonyl (C=O) groups excluding carboxylic acids is 1. The summed E-state index contributed by atoms with van der Waals surface area (Å²) in [4.78, 5) is 18.2. The smallest absolute Gasteiger partial charge is 0.252 e. The number of fused-ring (bicyclic) bond motifs is 1. The van der Waals surface area contributed by atoms with Crippen molar-refractivity contribution in [1.29, 1.82) is 0 Å². The number of aromatic nitrogens is 3. The third kappa shape index (κ3) is 2.74. The van der Waals surface area contributed by atoms with Crippen LogP contribution in [0.2, 0.25) is 0 Å². The number of hydrogen-bond acceptors (Lipinski definition) is 4. The number of hydrogen-bond donors (Lipinski definition) is 1. The third-order valence-electron chi connectivity index (χ3n) is 3.43. The second-order valence-corrected chi connectivity index (χ2v) is 6.53. The van der Waals surface area contributed by atoms with Gasteiger partial charge in [-0.3, -0.25) is 4.79 Å². The lowest BCUT2D eigenvalue weighted by Crippen LogP contribution is -2.22. The molecule has 0 spiro atoms. The quantitative estimate of drug-likeness (QED) is 0.803. The number of aryl methyl sites for hydroxylation is 1. The summed E-state index contributed by atoms with van der Waals surface area (Å²) in [6.45, 7) is 6.53. The molecule has 3 aromatic heterocycles. The molecule has 0 aliphatic carbocycles. The van der Waals surface area contributed by atoms with E-state index in [1.807, 2.05) is 49.0 Å². The van der Waals surface area contributed by atoms with Crippen LogP contribution in [0.1, 0.15) is 40.8 Å². The van der Waals surface area contributed by atoms with E-state index in [1.54, 1.807) is 17.5 Å². The zero-order valence-corrected chi connectivity index (χ0v) is 13.6. The maximum absolute atomic E-state index is 12.5. The SMILES string of the molecule is Cc1cc(C(=O)NCc2cccs2)c2cnn(C(C)C)c2n1. The highest BCUT2D eigenvalue weighted by Gasteiger charge is 2.16. The second kappa shape index (κ2) is 5.88. The summed E-state index contributed by atoms with van der Waals surface area (Å²) < 4.78 is 1.85. The summed E-state index contributed by atoms with van der Waals surface area (Å²) in [5, 5.41) is 10.1. The van der Waals surface area contributed by atoms with Crippen LogP contribution < -0.4 is 5.32 Å². The molecule has 22 heavy (non-hydrogen) atoms. The minimum atomic E-state index is -0.0905. The van der Waals surface area contributed by atoms with E-state index in [0.717, 1.165) is 21.6 Å². The van der Waals surface area contributed by atoms with E-state index in [-0.39, 0.29) is 11.9 Å². The molecular weight excluding hydrogens is 296 g/mol. The summed E-state index contributed by atoms with van der Waals surface area (Å²) >= 11 is 1.63. The van der Waals surface area contributed by atoms with E-state index >= 15 is 0 Å². The molecule has 0 saturated heterocycles. The molecule has 0 aliphatic rings. The Hall–Kier alpha value is -2.21. The van der Waals surface area contributed by atoms with Gasteiger partial charge in [0.15, 0.2) is 5.65 Å². The molecular formula is C16H18N4OS. The van der Waals surface area contributed by atoms with Gasteiger partial charge in [-0.15, -0.1) is 11.3 Å². The van der Waals surface area contributed by atoms with Crippen LogP contribution in [0.3, 0.4) is 0 Å². The lowest BCUT2D eigenvalue weighted by molar-refractivity contribution is 0.0953. The van der Waals surface area contributed by atoms with Gasteiger partial charge in [-0.1, -0.05) is 6.07 Å². The number of nitrogens with one attached hydrogen (secondary N) is 1. The maximum atomic E-state index is 12.5. The lowest BCUT2D eigenvalue weighted by Gasteiger charge is -2.09. The molecule has 3 aromatic rings. The Morgan fingerprint density at radius 2 is 2.27 bits per heavy atom. The van der Waals surface area contributed by atoms with Crippen LogP contribution in [0, 0.1) is 6.92 Å². The Bertz CT molecular complexity index is 805. The van der Waals surface area contributed by atoms with Crippen LogP contribution in [-0.2, 0) is 6.54 Å². The highest BCUT2D eigenvalue weighted by atomic mass is 32.1. The first-order valence-corrected chi connectivity index (χ1v) is 8.09. The summed E-state index contributed by atoms with van der Waals surface area (Å²) in [5.41, 5.74) is 2.21. The highest BCUT2D eigenvalue weighted by Crippen LogP contribution is 2.21. The third-order valence-corrected chi connectivity index (χ3v) is 4.31. The van der Waals surface area contributed by atoms with Gasteiger partial charge in [0.1, 0.15) is 0 Å². The van der Waals surface area contributed by atoms with E-state index in [4.69, 9.17) is 0 Å². The predicted molar refractivity (Wildman–Crippen MR) is 88.1 cm³/mol. The number of pyridine rings is 1. The highest BCUT2D eigenvalue weighted by molar-refractivity contribution is 7.09. The molecule has 0 unspecified atom stereocenters. The van der Waals surface area contributed by atoms with Gasteiger partial charge < -0.3 is 5.32 Å². The minimum absolute atomic E-state index is 0.0905. The number of carbonyl (C=O) groups is 1. The first-order valence-electron chi connectivity index (χ1n) is 7.21. The Kier molecular flexibility index (Phi) is 3.94. The van der Waals surface area contributed by atoms with Crippen molar-refractivity contribution in [1.82, 2.24) is 20.1 Å². The first kappa shape index (κ1) is 14.7. The van der Waals surface area contributed by atoms with E-state index in [2.05, 4.69) is 15.4 Å². The van der Waals surface area contributed by atoms with Crippen molar-refractivity contribution < 1.29 is 4.79 Å². The first-order chi connectivity index (χ1) is 10.6. The molecule has 0 bridgehead atoms. The van der Waals surface area contributed by atoms with Gasteiger partial charge in [0.25, 0.3) is 5.91 Å². The van der Waals surface area contributed by atoms with Crippen molar-refractivity contribution in [2.75, 3.05) is 0 Å². The van der Waals surface area contributed by atoms with Gasteiger partial charge in [0.2, 0.25) is 0 Å². The fourth-order valence-electron chi connectivity index (χ4n) is 2.38. The average Bonchev–Trinajstić information content (AvgIpc) is 3.12. The van der Waals surface area contributed by atoms with Crippen molar-refractivity contribution in [3.8, 4) is 0 Å². The zero-order valence-electron chi connectivity index (χ0n) is 12.8. The second-order valence-electron chi connectivity index (χ2n) is 5.49. The fourth-order valence-corrected chi connectivity index (χ4v) is 3.03. The van der Waals surface area contributed by atoms with Crippen LogP contribution >= 0.6 is 11.3 Å². The number of nitrogens with zero attached hydrogens (tertiary/aromatic N) is 3. The predicted octanol–water partition coefficient (Wildman–Crippen LogP) is 3.31. The number of rotatable bonds is 4. The van der Waals surface area contributed by atoms with E-state index in [0.29, 0.717) is 12.1 Å². The Morgan fingerprint density at radius 3 is 2.95 bits per heavy atom. The van der Waals surface area contributed by atoms with Crippen molar-refractivity contribution in [2.24, 2.45) is 0 Å². The monoisotopic (exact) mass is 314 g/mol. The molecule has 1 amide bonds. The summed E-state index contributed by atoms with van der Waals surface area (Å²) in [5.74, 6) is -0.0905. The number of amides is 1. The van der Waals surface area contributed by atoms with Crippen molar-refractivity contribution in [3.05, 3.63) is 45.9 Å². The topological polar surface area (TPSA) is 59.8 Å². The van der Waals surface area contributed by atoms with Crippen LogP contribution in [0.5, 0.6) is 0 Å². The van der Waals surface area contributed by atoms with Crippen molar-refractivity contribution in [3.63, 3.8) is 0 Å². The standard InChI is InChI=1S/C16H18N4OS/c1-10(2)20-15-14(9-18-20)13(7-11(3)19-15)16(21)17-8-12-5-4-6-22-12/h4-7,9-10H,8H2,1-3H3,(H,17,21). The summed E-state index contributed by atoms with van der Waals surface area (Å²) in [6.07, 6.45) is 1.72. The molecule has 1 N–H and O–H groups in total. The summed E-state index contributed by atoms with van der Waals surface area (Å²) in [6, 6.07) is 6.01. The van der Waals surface area contributed by atoms with Gasteiger partial charge in [0, 0.05) is 16.6 Å². The minimum Gasteiger partial charge on any atom is -0.347 e. The molecule has 5 nitrogen and oxygen atoms in total. The molecule has 0 aromatic carbocycles. The molecule has 0 fully saturated rings. The van der Waals surface area contributed by atoms with E-state index in [1.165, 1.54) is 0 Å². The summed E-state index contributed by atoms with van der Waals surface area (Å²) in [7, 11) is 0. The molecule has 0 saturated carbocycles. The maximum Gasteiger partial charge on any atom is 0.252 e. The van der Waals surface area contributed by atoms with Gasteiger partial charge in [-0.25, -0.2) is 9.67 Å². The van der Waals surface area contributed by atoms with E-state index < -0.39 is 0 Å². The fraction of sp³-hybridized carbons (Fsp3) is 0.312. The van der Waals surface area contributed by atoms with Crippen LogP contribution in [-0.4, -0.2) is 20.7 Å². The molecule has 3 heterocycles. The van der Waals surface area contributed by atoms with Crippen molar-refractivity contribution >= 4 is 28.3 Å². The average molecular weight is 314 g/mol. The van der Waals surface area contributed by atoms with Crippen LogP contribution in [0.4, 0.5) is 0 Å². The van der Waals surface area contributed by atoms with Gasteiger partial charge >= 0.3 is 0 Å². The van der Waals surface area contributed by atoms with Crippen LogP contribution in [0.25, 0.3) is 11.0 Å². The van der Waals surface area contributed by atoms with Gasteiger partial charge in [-0.2, -0.15) is 5.10 Å². The molecule has 3 rings (SSSR count). The van der Waals surface area contributed by atoms with Gasteiger partial charge in [0.05, 0.1) is 23.7 Å². The van der Waals surface area contributed by atoms with Gasteiger partial charge in [-0.05, 0) is 38.3 Å². The largest absolute Gasteiger partial charge is 0.347 e. The normalized spacial score (nSPS) is 11.3. The van der Waals surface area contributed by atoms with Crippen LogP contribution in [0.15, 0.2) is 29.8 Å². The molecule has 0 aliphatic heterocycles. The molecule has 0 atom stereocenters. The Morgan fingerprint density at radius 1 is 1.45 bits per heavy atom. The van der Waals surface area contributed by atoms with E-state index in [9.17, 15) is 4.79 Å².